The molecule has 0 N–H and O–H groups in total. The van der Waals surface area contributed by atoms with Gasteiger partial charge in [0.2, 0.25) is 0 Å². The second-order valence-electron chi connectivity index (χ2n) is 5.13. The van der Waals surface area contributed by atoms with Crippen molar-refractivity contribution >= 4 is 23.1 Å². The number of hydrogen-bond acceptors (Lipinski definition) is 4. The number of pyridine rings is 1. The Hall–Kier alpha value is -2.10. The number of aromatic nitrogens is 1. The Labute approximate surface area is 118 Å². The predicted molar refractivity (Wildman–Crippen MR) is 78.9 cm³/mol. The Bertz CT molecular complexity index is 606. The van der Waals surface area contributed by atoms with Crippen LogP contribution in [0.1, 0.15) is 18.4 Å². The summed E-state index contributed by atoms with van der Waals surface area (Å²) in [6.45, 7) is 3.18. The van der Waals surface area contributed by atoms with Gasteiger partial charge in [0, 0.05) is 36.8 Å². The molecule has 0 amide bonds. The van der Waals surface area contributed by atoms with Gasteiger partial charge in [-0.05, 0) is 42.7 Å². The lowest BCUT2D eigenvalue weighted by atomic mass is 10.1. The standard InChI is InChI=1S/C16H18N2O2/c19-12-20-8-5-13-9-14-10-15(18-6-1-2-7-18)3-4-16(14)17-11-13/h3-4,9-12H,1-2,5-8H2. The number of benzene rings is 1. The number of rotatable bonds is 5. The molecule has 1 aromatic carbocycles. The van der Waals surface area contributed by atoms with Crippen LogP contribution in [-0.2, 0) is 16.0 Å². The van der Waals surface area contributed by atoms with Crippen molar-refractivity contribution in [3.63, 3.8) is 0 Å². The van der Waals surface area contributed by atoms with E-state index in [1.807, 2.05) is 6.20 Å². The average Bonchev–Trinajstić information content (AvgIpc) is 3.01. The van der Waals surface area contributed by atoms with Gasteiger partial charge in [-0.25, -0.2) is 0 Å². The molecule has 4 nitrogen and oxygen atoms in total. The van der Waals surface area contributed by atoms with E-state index in [9.17, 15) is 4.79 Å². The fourth-order valence-corrected chi connectivity index (χ4v) is 2.70. The van der Waals surface area contributed by atoms with Crippen LogP contribution in [-0.4, -0.2) is 31.2 Å². The van der Waals surface area contributed by atoms with Crippen LogP contribution in [0.25, 0.3) is 10.9 Å². The maximum absolute atomic E-state index is 10.2. The average molecular weight is 270 g/mol. The molecular formula is C16H18N2O2. The molecule has 1 aliphatic heterocycles. The van der Waals surface area contributed by atoms with Crippen LogP contribution in [0.4, 0.5) is 5.69 Å². The molecule has 1 aliphatic rings. The molecular weight excluding hydrogens is 252 g/mol. The molecule has 0 saturated carbocycles. The molecule has 0 radical (unpaired) electrons. The first-order chi connectivity index (χ1) is 9.86. The van der Waals surface area contributed by atoms with Crippen LogP contribution in [0.3, 0.4) is 0 Å². The molecule has 0 atom stereocenters. The van der Waals surface area contributed by atoms with Crippen molar-refractivity contribution in [1.82, 2.24) is 4.98 Å². The summed E-state index contributed by atoms with van der Waals surface area (Å²) in [6.07, 6.45) is 5.11. The van der Waals surface area contributed by atoms with Crippen LogP contribution in [0.5, 0.6) is 0 Å². The maximum atomic E-state index is 10.2. The summed E-state index contributed by atoms with van der Waals surface area (Å²) in [7, 11) is 0. The van der Waals surface area contributed by atoms with Crippen molar-refractivity contribution in [2.24, 2.45) is 0 Å². The number of fused-ring (bicyclic) bond motifs is 1. The molecule has 1 aromatic heterocycles. The van der Waals surface area contributed by atoms with E-state index >= 15 is 0 Å². The van der Waals surface area contributed by atoms with Crippen molar-refractivity contribution in [2.45, 2.75) is 19.3 Å². The first-order valence-electron chi connectivity index (χ1n) is 7.06. The van der Waals surface area contributed by atoms with Gasteiger partial charge in [0.05, 0.1) is 12.1 Å². The van der Waals surface area contributed by atoms with E-state index in [0.717, 1.165) is 29.6 Å². The minimum Gasteiger partial charge on any atom is -0.468 e. The number of nitrogens with zero attached hydrogens (tertiary/aromatic N) is 2. The summed E-state index contributed by atoms with van der Waals surface area (Å²) in [5.41, 5.74) is 3.38. The Kier molecular flexibility index (Phi) is 3.81. The lowest BCUT2D eigenvalue weighted by Crippen LogP contribution is -2.17. The Morgan fingerprint density at radius 3 is 2.90 bits per heavy atom. The van der Waals surface area contributed by atoms with E-state index in [1.165, 1.54) is 18.5 Å². The molecule has 0 unspecified atom stereocenters. The summed E-state index contributed by atoms with van der Waals surface area (Å²) < 4.78 is 4.74. The van der Waals surface area contributed by atoms with Gasteiger partial charge in [0.15, 0.2) is 0 Å². The maximum Gasteiger partial charge on any atom is 0.293 e. The third-order valence-electron chi connectivity index (χ3n) is 3.77. The van der Waals surface area contributed by atoms with Crippen molar-refractivity contribution in [1.29, 1.82) is 0 Å². The number of carbonyl (C=O) groups is 1. The van der Waals surface area contributed by atoms with Crippen molar-refractivity contribution in [3.8, 4) is 0 Å². The van der Waals surface area contributed by atoms with Gasteiger partial charge in [-0.3, -0.25) is 9.78 Å². The van der Waals surface area contributed by atoms with E-state index in [1.54, 1.807) is 0 Å². The summed E-state index contributed by atoms with van der Waals surface area (Å²) in [4.78, 5) is 17.0. The van der Waals surface area contributed by atoms with Crippen LogP contribution in [0.15, 0.2) is 30.5 Å². The van der Waals surface area contributed by atoms with Crippen LogP contribution < -0.4 is 4.90 Å². The Morgan fingerprint density at radius 1 is 1.25 bits per heavy atom. The molecule has 1 saturated heterocycles. The van der Waals surface area contributed by atoms with E-state index < -0.39 is 0 Å². The molecule has 4 heteroatoms. The monoisotopic (exact) mass is 270 g/mol. The second kappa shape index (κ2) is 5.90. The summed E-state index contributed by atoms with van der Waals surface area (Å²) >= 11 is 0. The molecule has 0 aliphatic carbocycles. The minimum absolute atomic E-state index is 0.405. The summed E-state index contributed by atoms with van der Waals surface area (Å²) in [5.74, 6) is 0. The molecule has 2 aromatic rings. The third kappa shape index (κ3) is 2.74. The van der Waals surface area contributed by atoms with Gasteiger partial charge >= 0.3 is 0 Å². The highest BCUT2D eigenvalue weighted by Gasteiger charge is 2.12. The normalized spacial score (nSPS) is 14.7. The van der Waals surface area contributed by atoms with E-state index in [4.69, 9.17) is 4.74 Å². The lowest BCUT2D eigenvalue weighted by molar-refractivity contribution is -0.128. The minimum atomic E-state index is 0.405. The molecule has 0 spiro atoms. The molecule has 0 bridgehead atoms. The van der Waals surface area contributed by atoms with Crippen LogP contribution in [0.2, 0.25) is 0 Å². The highest BCUT2D eigenvalue weighted by atomic mass is 16.5. The van der Waals surface area contributed by atoms with Gasteiger partial charge in [0.1, 0.15) is 0 Å². The molecule has 3 rings (SSSR count). The van der Waals surface area contributed by atoms with E-state index in [-0.39, 0.29) is 0 Å². The number of ether oxygens (including phenoxy) is 1. The van der Waals surface area contributed by atoms with E-state index in [0.29, 0.717) is 19.5 Å². The van der Waals surface area contributed by atoms with Gasteiger partial charge in [-0.2, -0.15) is 0 Å². The second-order valence-corrected chi connectivity index (χ2v) is 5.13. The van der Waals surface area contributed by atoms with Crippen molar-refractivity contribution < 1.29 is 9.53 Å². The summed E-state index contributed by atoms with van der Waals surface area (Å²) in [6, 6.07) is 8.57. The number of anilines is 1. The topological polar surface area (TPSA) is 42.4 Å². The first-order valence-corrected chi connectivity index (χ1v) is 7.06. The number of hydrogen-bond donors (Lipinski definition) is 0. The van der Waals surface area contributed by atoms with Crippen molar-refractivity contribution in [2.75, 3.05) is 24.6 Å². The highest BCUT2D eigenvalue weighted by molar-refractivity contribution is 5.83. The molecule has 20 heavy (non-hydrogen) atoms. The van der Waals surface area contributed by atoms with Gasteiger partial charge < -0.3 is 9.64 Å². The largest absolute Gasteiger partial charge is 0.468 e. The Morgan fingerprint density at radius 2 is 2.10 bits per heavy atom. The lowest BCUT2D eigenvalue weighted by Gasteiger charge is -2.18. The van der Waals surface area contributed by atoms with Crippen LogP contribution >= 0.6 is 0 Å². The summed E-state index contributed by atoms with van der Waals surface area (Å²) in [5, 5.41) is 1.15. The molecule has 2 heterocycles. The quantitative estimate of drug-likeness (QED) is 0.618. The van der Waals surface area contributed by atoms with Gasteiger partial charge in [-0.15, -0.1) is 0 Å². The zero-order valence-corrected chi connectivity index (χ0v) is 11.4. The van der Waals surface area contributed by atoms with Crippen molar-refractivity contribution in [3.05, 3.63) is 36.0 Å². The fraction of sp³-hybridized carbons (Fsp3) is 0.375. The SMILES string of the molecule is O=COCCc1cnc2ccc(N3CCCC3)cc2c1. The number of carbonyl (C=O) groups excluding carboxylic acids is 1. The van der Waals surface area contributed by atoms with Gasteiger partial charge in [-0.1, -0.05) is 0 Å². The molecule has 104 valence electrons. The molecule has 1 fully saturated rings. The Balaban J connectivity index is 1.84. The van der Waals surface area contributed by atoms with Gasteiger partial charge in [0.25, 0.3) is 6.47 Å². The fourth-order valence-electron chi connectivity index (χ4n) is 2.70. The van der Waals surface area contributed by atoms with Crippen LogP contribution in [0, 0.1) is 0 Å². The zero-order chi connectivity index (χ0) is 13.8. The first kappa shape index (κ1) is 12.9. The zero-order valence-electron chi connectivity index (χ0n) is 11.4. The predicted octanol–water partition coefficient (Wildman–Crippen LogP) is 2.55. The third-order valence-corrected chi connectivity index (χ3v) is 3.77. The highest BCUT2D eigenvalue weighted by Crippen LogP contribution is 2.24. The van der Waals surface area contributed by atoms with E-state index in [2.05, 4.69) is 34.1 Å². The smallest absolute Gasteiger partial charge is 0.293 e.